The van der Waals surface area contributed by atoms with Crippen molar-refractivity contribution in [3.05, 3.63) is 0 Å². The maximum absolute atomic E-state index is 3.85. The Kier molecular flexibility index (Phi) is 7.01. The van der Waals surface area contributed by atoms with Crippen molar-refractivity contribution in [1.29, 1.82) is 0 Å². The van der Waals surface area contributed by atoms with Gasteiger partial charge >= 0.3 is 0 Å². The van der Waals surface area contributed by atoms with Gasteiger partial charge in [-0.3, -0.25) is 0 Å². The van der Waals surface area contributed by atoms with Crippen LogP contribution in [0.1, 0.15) is 78.6 Å². The van der Waals surface area contributed by atoms with Crippen LogP contribution in [0.25, 0.3) is 0 Å². The van der Waals surface area contributed by atoms with Gasteiger partial charge in [0.1, 0.15) is 0 Å². The Labute approximate surface area is 133 Å². The van der Waals surface area contributed by atoms with Gasteiger partial charge in [-0.1, -0.05) is 33.6 Å². The molecule has 1 saturated heterocycles. The first-order valence-electron chi connectivity index (χ1n) is 9.51. The molecule has 2 rings (SSSR count). The molecule has 0 amide bonds. The summed E-state index contributed by atoms with van der Waals surface area (Å²) in [7, 11) is 0. The SMILES string of the molecule is CC(C)(C)C1CCCC(NCCCN2CCCCC2)CC1. The molecule has 1 aliphatic carbocycles. The van der Waals surface area contributed by atoms with Gasteiger partial charge in [0.25, 0.3) is 0 Å². The smallest absolute Gasteiger partial charge is 0.00671 e. The number of piperidine rings is 1. The van der Waals surface area contributed by atoms with E-state index in [1.807, 2.05) is 0 Å². The fraction of sp³-hybridized carbons (Fsp3) is 1.00. The van der Waals surface area contributed by atoms with E-state index in [9.17, 15) is 0 Å². The summed E-state index contributed by atoms with van der Waals surface area (Å²) < 4.78 is 0. The molecule has 1 saturated carbocycles. The lowest BCUT2D eigenvalue weighted by atomic mass is 9.76. The molecule has 2 aliphatic rings. The number of rotatable bonds is 5. The molecule has 1 aliphatic heterocycles. The predicted octanol–water partition coefficient (Wildman–Crippen LogP) is 4.45. The summed E-state index contributed by atoms with van der Waals surface area (Å²) in [5.41, 5.74) is 0.503. The summed E-state index contributed by atoms with van der Waals surface area (Å²) in [5.74, 6) is 0.928. The molecular weight excluding hydrogens is 256 g/mol. The molecule has 2 nitrogen and oxygen atoms in total. The van der Waals surface area contributed by atoms with Crippen LogP contribution in [0.15, 0.2) is 0 Å². The Morgan fingerprint density at radius 1 is 0.905 bits per heavy atom. The number of likely N-dealkylation sites (tertiary alicyclic amines) is 1. The summed E-state index contributed by atoms with van der Waals surface area (Å²) >= 11 is 0. The first-order valence-corrected chi connectivity index (χ1v) is 9.51. The third-order valence-corrected chi connectivity index (χ3v) is 5.73. The topological polar surface area (TPSA) is 15.3 Å². The second-order valence-electron chi connectivity index (χ2n) is 8.48. The van der Waals surface area contributed by atoms with Crippen molar-refractivity contribution in [3.63, 3.8) is 0 Å². The Hall–Kier alpha value is -0.0800. The van der Waals surface area contributed by atoms with E-state index in [1.165, 1.54) is 84.0 Å². The van der Waals surface area contributed by atoms with Crippen molar-refractivity contribution in [2.24, 2.45) is 11.3 Å². The zero-order valence-electron chi connectivity index (χ0n) is 14.8. The minimum Gasteiger partial charge on any atom is -0.314 e. The molecule has 1 heterocycles. The van der Waals surface area contributed by atoms with Gasteiger partial charge < -0.3 is 10.2 Å². The highest BCUT2D eigenvalue weighted by molar-refractivity contribution is 4.81. The highest BCUT2D eigenvalue weighted by atomic mass is 15.1. The van der Waals surface area contributed by atoms with Crippen molar-refractivity contribution < 1.29 is 0 Å². The number of nitrogens with zero attached hydrogens (tertiary/aromatic N) is 1. The molecular formula is C19H38N2. The number of hydrogen-bond donors (Lipinski definition) is 1. The van der Waals surface area contributed by atoms with Crippen molar-refractivity contribution >= 4 is 0 Å². The third kappa shape index (κ3) is 6.28. The summed E-state index contributed by atoms with van der Waals surface area (Å²) in [6.07, 6.45) is 12.7. The lowest BCUT2D eigenvalue weighted by Gasteiger charge is -2.29. The molecule has 21 heavy (non-hydrogen) atoms. The molecule has 0 spiro atoms. The summed E-state index contributed by atoms with van der Waals surface area (Å²) in [5, 5.41) is 3.85. The Morgan fingerprint density at radius 2 is 1.67 bits per heavy atom. The van der Waals surface area contributed by atoms with Gasteiger partial charge in [-0.15, -0.1) is 0 Å². The van der Waals surface area contributed by atoms with Crippen molar-refractivity contribution in [2.45, 2.75) is 84.6 Å². The summed E-state index contributed by atoms with van der Waals surface area (Å²) in [6, 6.07) is 0.790. The van der Waals surface area contributed by atoms with Gasteiger partial charge in [0.2, 0.25) is 0 Å². The maximum Gasteiger partial charge on any atom is 0.00671 e. The van der Waals surface area contributed by atoms with Crippen molar-refractivity contribution in [3.8, 4) is 0 Å². The zero-order valence-corrected chi connectivity index (χ0v) is 14.8. The number of hydrogen-bond acceptors (Lipinski definition) is 2. The van der Waals surface area contributed by atoms with E-state index in [1.54, 1.807) is 0 Å². The van der Waals surface area contributed by atoms with Crippen LogP contribution in [0.3, 0.4) is 0 Å². The van der Waals surface area contributed by atoms with E-state index < -0.39 is 0 Å². The maximum atomic E-state index is 3.85. The van der Waals surface area contributed by atoms with Gasteiger partial charge in [-0.05, 0) is 82.5 Å². The molecule has 0 aromatic carbocycles. The second-order valence-corrected chi connectivity index (χ2v) is 8.48. The first-order chi connectivity index (χ1) is 10.1. The average Bonchev–Trinajstić information content (AvgIpc) is 2.70. The first kappa shape index (κ1) is 17.3. The fourth-order valence-corrected chi connectivity index (χ4v) is 4.16. The minimum absolute atomic E-state index is 0.503. The van der Waals surface area contributed by atoms with Crippen LogP contribution in [0, 0.1) is 11.3 Å². The molecule has 2 heteroatoms. The van der Waals surface area contributed by atoms with E-state index in [0.29, 0.717) is 5.41 Å². The highest BCUT2D eigenvalue weighted by Crippen LogP contribution is 2.36. The highest BCUT2D eigenvalue weighted by Gasteiger charge is 2.27. The monoisotopic (exact) mass is 294 g/mol. The Morgan fingerprint density at radius 3 is 2.38 bits per heavy atom. The standard InChI is InChI=1S/C19H38N2/c1-19(2,3)17-9-7-10-18(12-11-17)20-13-8-16-21-14-5-4-6-15-21/h17-18,20H,4-16H2,1-3H3. The van der Waals surface area contributed by atoms with Crippen LogP contribution in [0.5, 0.6) is 0 Å². The molecule has 2 atom stereocenters. The predicted molar refractivity (Wildman–Crippen MR) is 92.7 cm³/mol. The molecule has 0 aromatic heterocycles. The van der Waals surface area contributed by atoms with Gasteiger partial charge in [-0.25, -0.2) is 0 Å². The summed E-state index contributed by atoms with van der Waals surface area (Å²) in [6.45, 7) is 12.5. The van der Waals surface area contributed by atoms with E-state index in [4.69, 9.17) is 0 Å². The van der Waals surface area contributed by atoms with Gasteiger partial charge in [0.15, 0.2) is 0 Å². The number of nitrogens with one attached hydrogen (secondary N) is 1. The quantitative estimate of drug-likeness (QED) is 0.595. The minimum atomic E-state index is 0.503. The van der Waals surface area contributed by atoms with Crippen LogP contribution in [0.4, 0.5) is 0 Å². The Bertz CT molecular complexity index is 276. The van der Waals surface area contributed by atoms with Crippen LogP contribution < -0.4 is 5.32 Å². The molecule has 2 unspecified atom stereocenters. The van der Waals surface area contributed by atoms with E-state index >= 15 is 0 Å². The van der Waals surface area contributed by atoms with E-state index in [0.717, 1.165) is 12.0 Å². The largest absolute Gasteiger partial charge is 0.314 e. The van der Waals surface area contributed by atoms with Gasteiger partial charge in [0.05, 0.1) is 0 Å². The van der Waals surface area contributed by atoms with Gasteiger partial charge in [-0.2, -0.15) is 0 Å². The third-order valence-electron chi connectivity index (χ3n) is 5.73. The molecule has 0 radical (unpaired) electrons. The summed E-state index contributed by atoms with van der Waals surface area (Å²) in [4.78, 5) is 2.66. The van der Waals surface area contributed by atoms with E-state index in [-0.39, 0.29) is 0 Å². The van der Waals surface area contributed by atoms with E-state index in [2.05, 4.69) is 31.0 Å². The molecule has 0 bridgehead atoms. The van der Waals surface area contributed by atoms with Crippen LogP contribution in [-0.2, 0) is 0 Å². The van der Waals surface area contributed by atoms with Crippen LogP contribution in [-0.4, -0.2) is 37.1 Å². The van der Waals surface area contributed by atoms with Crippen LogP contribution in [0.2, 0.25) is 0 Å². The van der Waals surface area contributed by atoms with Gasteiger partial charge in [0, 0.05) is 6.04 Å². The molecule has 2 fully saturated rings. The Balaban J connectivity index is 1.58. The van der Waals surface area contributed by atoms with Crippen molar-refractivity contribution in [2.75, 3.05) is 26.2 Å². The molecule has 1 N–H and O–H groups in total. The average molecular weight is 295 g/mol. The zero-order chi connectivity index (χ0) is 15.1. The lowest BCUT2D eigenvalue weighted by molar-refractivity contribution is 0.212. The second kappa shape index (κ2) is 8.53. The fourth-order valence-electron chi connectivity index (χ4n) is 4.16. The normalized spacial score (nSPS) is 29.3. The van der Waals surface area contributed by atoms with Crippen LogP contribution >= 0.6 is 0 Å². The molecule has 124 valence electrons. The molecule has 0 aromatic rings. The van der Waals surface area contributed by atoms with Crippen molar-refractivity contribution in [1.82, 2.24) is 10.2 Å². The lowest BCUT2D eigenvalue weighted by Crippen LogP contribution is -2.34.